The lowest BCUT2D eigenvalue weighted by Gasteiger charge is -2.28. The van der Waals surface area contributed by atoms with Crippen LogP contribution in [-0.4, -0.2) is 53.7 Å². The molecule has 1 atom stereocenters. The van der Waals surface area contributed by atoms with Gasteiger partial charge >= 0.3 is 6.09 Å². The molecule has 1 fully saturated rings. The van der Waals surface area contributed by atoms with Gasteiger partial charge in [-0.3, -0.25) is 9.78 Å². The van der Waals surface area contributed by atoms with E-state index < -0.39 is 5.60 Å². The summed E-state index contributed by atoms with van der Waals surface area (Å²) in [5.74, 6) is 0.818. The van der Waals surface area contributed by atoms with Gasteiger partial charge in [0.15, 0.2) is 0 Å². The third kappa shape index (κ3) is 4.87. The Morgan fingerprint density at radius 2 is 1.97 bits per heavy atom. The van der Waals surface area contributed by atoms with E-state index >= 15 is 0 Å². The second kappa shape index (κ2) is 8.81. The molecule has 2 amide bonds. The molecule has 1 aromatic heterocycles. The Labute approximate surface area is 189 Å². The highest BCUT2D eigenvalue weighted by Gasteiger charge is 2.32. The smallest absolute Gasteiger partial charge is 0.410 e. The largest absolute Gasteiger partial charge is 0.490 e. The Morgan fingerprint density at radius 3 is 2.75 bits per heavy atom. The van der Waals surface area contributed by atoms with Gasteiger partial charge in [-0.25, -0.2) is 4.79 Å². The van der Waals surface area contributed by atoms with Crippen molar-refractivity contribution in [1.29, 1.82) is 0 Å². The van der Waals surface area contributed by atoms with E-state index in [0.29, 0.717) is 25.3 Å². The quantitative estimate of drug-likeness (QED) is 0.707. The highest BCUT2D eigenvalue weighted by molar-refractivity contribution is 5.96. The number of pyridine rings is 1. The summed E-state index contributed by atoms with van der Waals surface area (Å²) < 4.78 is 11.6. The molecule has 7 heteroatoms. The van der Waals surface area contributed by atoms with Crippen molar-refractivity contribution in [2.45, 2.75) is 58.1 Å². The number of aromatic nitrogens is 1. The van der Waals surface area contributed by atoms with E-state index in [0.717, 1.165) is 41.6 Å². The third-order valence-electron chi connectivity index (χ3n) is 5.92. The van der Waals surface area contributed by atoms with Crippen LogP contribution in [0.5, 0.6) is 5.75 Å². The molecule has 0 radical (unpaired) electrons. The van der Waals surface area contributed by atoms with Gasteiger partial charge in [-0.2, -0.15) is 0 Å². The van der Waals surface area contributed by atoms with E-state index in [4.69, 9.17) is 9.47 Å². The molecule has 2 aliphatic heterocycles. The van der Waals surface area contributed by atoms with E-state index in [-0.39, 0.29) is 18.0 Å². The first kappa shape index (κ1) is 22.1. The predicted molar refractivity (Wildman–Crippen MR) is 123 cm³/mol. The number of hydrogen-bond acceptors (Lipinski definition) is 5. The first-order chi connectivity index (χ1) is 15.2. The normalized spacial score (nSPS) is 18.5. The van der Waals surface area contributed by atoms with Crippen molar-refractivity contribution in [1.82, 2.24) is 9.88 Å². The number of rotatable bonds is 4. The minimum Gasteiger partial charge on any atom is -0.490 e. The van der Waals surface area contributed by atoms with Crippen LogP contribution in [0.2, 0.25) is 0 Å². The summed E-state index contributed by atoms with van der Waals surface area (Å²) in [4.78, 5) is 32.3. The molecule has 7 nitrogen and oxygen atoms in total. The summed E-state index contributed by atoms with van der Waals surface area (Å²) >= 11 is 0. The minimum absolute atomic E-state index is 0.00896. The monoisotopic (exact) mass is 437 g/mol. The number of carbonyl (C=O) groups excluding carboxylic acids is 2. The second-order valence-corrected chi connectivity index (χ2v) is 9.49. The fourth-order valence-electron chi connectivity index (χ4n) is 4.25. The molecule has 1 aromatic carbocycles. The molecule has 0 saturated carbocycles. The zero-order valence-corrected chi connectivity index (χ0v) is 19.3. The lowest BCUT2D eigenvalue weighted by Crippen LogP contribution is -2.42. The van der Waals surface area contributed by atoms with Gasteiger partial charge in [0.05, 0.1) is 12.2 Å². The maximum absolute atomic E-state index is 12.5. The fraction of sp³-hybridized carbons (Fsp3) is 0.480. The second-order valence-electron chi connectivity index (χ2n) is 9.49. The molecular weight excluding hydrogens is 406 g/mol. The highest BCUT2D eigenvalue weighted by atomic mass is 16.6. The van der Waals surface area contributed by atoms with Gasteiger partial charge in [0.1, 0.15) is 18.0 Å². The number of aryl methyl sites for hydroxylation is 1. The summed E-state index contributed by atoms with van der Waals surface area (Å²) in [6.07, 6.45) is 6.34. The van der Waals surface area contributed by atoms with Gasteiger partial charge in [0.2, 0.25) is 5.91 Å². The minimum atomic E-state index is -0.514. The van der Waals surface area contributed by atoms with Gasteiger partial charge < -0.3 is 19.3 Å². The number of hydrogen-bond donors (Lipinski definition) is 0. The summed E-state index contributed by atoms with van der Waals surface area (Å²) in [5.41, 5.74) is 3.62. The van der Waals surface area contributed by atoms with E-state index in [2.05, 4.69) is 11.1 Å². The van der Waals surface area contributed by atoms with Gasteiger partial charge in [0, 0.05) is 37.5 Å². The van der Waals surface area contributed by atoms with Crippen LogP contribution in [-0.2, 0) is 16.0 Å². The van der Waals surface area contributed by atoms with E-state index in [1.165, 1.54) is 0 Å². The van der Waals surface area contributed by atoms with Crippen molar-refractivity contribution in [3.05, 3.63) is 42.2 Å². The molecule has 1 saturated heterocycles. The zero-order valence-electron chi connectivity index (χ0n) is 19.3. The van der Waals surface area contributed by atoms with Gasteiger partial charge in [-0.05, 0) is 69.4 Å². The van der Waals surface area contributed by atoms with E-state index in [1.807, 2.05) is 52.2 Å². The summed E-state index contributed by atoms with van der Waals surface area (Å²) in [7, 11) is 1.82. The first-order valence-corrected chi connectivity index (χ1v) is 11.2. The Morgan fingerprint density at radius 1 is 1.16 bits per heavy atom. The Balaban J connectivity index is 1.44. The van der Waals surface area contributed by atoms with Crippen LogP contribution >= 0.6 is 0 Å². The van der Waals surface area contributed by atoms with Crippen LogP contribution in [0.25, 0.3) is 11.1 Å². The lowest BCUT2D eigenvalue weighted by atomic mass is 9.97. The van der Waals surface area contributed by atoms with E-state index in [1.54, 1.807) is 16.0 Å². The maximum atomic E-state index is 12.5. The Bertz CT molecular complexity index is 1010. The van der Waals surface area contributed by atoms with Crippen molar-refractivity contribution in [2.24, 2.45) is 0 Å². The van der Waals surface area contributed by atoms with Gasteiger partial charge in [-0.15, -0.1) is 0 Å². The molecular formula is C25H31N3O4. The van der Waals surface area contributed by atoms with Crippen molar-refractivity contribution in [3.63, 3.8) is 0 Å². The molecule has 170 valence electrons. The number of nitrogens with zero attached hydrogens (tertiary/aromatic N) is 3. The molecule has 2 aliphatic rings. The van der Waals surface area contributed by atoms with E-state index in [9.17, 15) is 9.59 Å². The van der Waals surface area contributed by atoms with Gasteiger partial charge in [0.25, 0.3) is 0 Å². The molecule has 4 rings (SSSR count). The molecule has 2 aromatic rings. The lowest BCUT2D eigenvalue weighted by molar-refractivity contribution is -0.118. The average Bonchev–Trinajstić information content (AvgIpc) is 3.23. The fourth-order valence-corrected chi connectivity index (χ4v) is 4.25. The number of anilines is 1. The molecule has 0 N–H and O–H groups in total. The van der Waals surface area contributed by atoms with Crippen molar-refractivity contribution in [2.75, 3.05) is 25.1 Å². The summed E-state index contributed by atoms with van der Waals surface area (Å²) in [6, 6.07) is 8.09. The van der Waals surface area contributed by atoms with Crippen molar-refractivity contribution < 1.29 is 19.1 Å². The van der Waals surface area contributed by atoms with Crippen LogP contribution in [0.4, 0.5) is 10.5 Å². The number of benzene rings is 1. The Hall–Kier alpha value is -3.09. The average molecular weight is 438 g/mol. The molecule has 0 aliphatic carbocycles. The van der Waals surface area contributed by atoms with Crippen molar-refractivity contribution in [3.8, 4) is 16.9 Å². The van der Waals surface area contributed by atoms with Crippen LogP contribution in [0.15, 0.2) is 36.7 Å². The van der Waals surface area contributed by atoms with Crippen LogP contribution in [0, 0.1) is 0 Å². The number of carbonyl (C=O) groups is 2. The SMILES string of the molecule is CN1C(=O)CCc2cc(-c3cncc(OC[C@H]4CCCN4C(=O)OC(C)(C)C)c3)ccc21. The zero-order chi connectivity index (χ0) is 22.9. The van der Waals surface area contributed by atoms with Crippen LogP contribution < -0.4 is 9.64 Å². The number of amides is 2. The maximum Gasteiger partial charge on any atom is 0.410 e. The number of likely N-dealkylation sites (tertiary alicyclic amines) is 1. The molecule has 3 heterocycles. The van der Waals surface area contributed by atoms with Gasteiger partial charge in [-0.1, -0.05) is 6.07 Å². The molecule has 32 heavy (non-hydrogen) atoms. The standard InChI is InChI=1S/C25H31N3O4/c1-25(2,3)32-24(30)28-11-5-6-20(28)16-31-21-13-19(14-26-15-21)17-7-9-22-18(12-17)8-10-23(29)27(22)4/h7,9,12-15,20H,5-6,8,10-11,16H2,1-4H3/t20-/m1/s1. The molecule has 0 unspecified atom stereocenters. The first-order valence-electron chi connectivity index (χ1n) is 11.2. The third-order valence-corrected chi connectivity index (χ3v) is 5.92. The summed E-state index contributed by atoms with van der Waals surface area (Å²) in [5, 5.41) is 0. The highest BCUT2D eigenvalue weighted by Crippen LogP contribution is 2.32. The van der Waals surface area contributed by atoms with Crippen LogP contribution in [0.1, 0.15) is 45.6 Å². The van der Waals surface area contributed by atoms with Crippen molar-refractivity contribution >= 4 is 17.7 Å². The number of fused-ring (bicyclic) bond motifs is 1. The topological polar surface area (TPSA) is 72.0 Å². The predicted octanol–water partition coefficient (Wildman–Crippen LogP) is 4.44. The molecule has 0 bridgehead atoms. The molecule has 0 spiro atoms. The Kier molecular flexibility index (Phi) is 6.09. The summed E-state index contributed by atoms with van der Waals surface area (Å²) in [6.45, 7) is 6.72. The number of ether oxygens (including phenoxy) is 2. The van der Waals surface area contributed by atoms with Crippen LogP contribution in [0.3, 0.4) is 0 Å².